The second kappa shape index (κ2) is 8.43. The fraction of sp³-hybridized carbons (Fsp3) is 0.182. The molecule has 5 rings (SSSR count). The molecule has 2 aliphatic heterocycles. The zero-order chi connectivity index (χ0) is 22.9. The van der Waals surface area contributed by atoms with Crippen LogP contribution < -0.4 is 25.8 Å². The maximum absolute atomic E-state index is 12.7. The van der Waals surface area contributed by atoms with Crippen LogP contribution in [0.3, 0.4) is 0 Å². The normalized spacial score (nSPS) is 13.9. The van der Waals surface area contributed by atoms with Crippen molar-refractivity contribution in [1.29, 1.82) is 0 Å². The van der Waals surface area contributed by atoms with Gasteiger partial charge in [-0.1, -0.05) is 12.1 Å². The Morgan fingerprint density at radius 2 is 1.88 bits per heavy atom. The Morgan fingerprint density at radius 3 is 2.73 bits per heavy atom. The molecular formula is C22H19N5O5S. The lowest BCUT2D eigenvalue weighted by Crippen LogP contribution is -2.42. The van der Waals surface area contributed by atoms with E-state index in [9.17, 15) is 14.4 Å². The van der Waals surface area contributed by atoms with Gasteiger partial charge in [0.2, 0.25) is 6.79 Å². The molecule has 0 spiro atoms. The highest BCUT2D eigenvalue weighted by molar-refractivity contribution is 7.13. The van der Waals surface area contributed by atoms with E-state index in [-0.39, 0.29) is 24.3 Å². The number of ether oxygens (including phenoxy) is 2. The van der Waals surface area contributed by atoms with E-state index in [1.807, 2.05) is 0 Å². The summed E-state index contributed by atoms with van der Waals surface area (Å²) in [5, 5.41) is 5.63. The Morgan fingerprint density at radius 1 is 1.06 bits per heavy atom. The molecule has 168 valence electrons. The first kappa shape index (κ1) is 20.8. The zero-order valence-corrected chi connectivity index (χ0v) is 18.1. The number of fused-ring (bicyclic) bond motifs is 2. The number of thiazole rings is 1. The first-order chi connectivity index (χ1) is 16.0. The van der Waals surface area contributed by atoms with Gasteiger partial charge < -0.3 is 30.7 Å². The Labute approximate surface area is 192 Å². The molecule has 2 aliphatic rings. The van der Waals surface area contributed by atoms with E-state index in [0.717, 1.165) is 10.6 Å². The van der Waals surface area contributed by atoms with Gasteiger partial charge in [-0.3, -0.25) is 14.4 Å². The minimum absolute atomic E-state index is 0.120. The van der Waals surface area contributed by atoms with Crippen molar-refractivity contribution >= 4 is 46.1 Å². The summed E-state index contributed by atoms with van der Waals surface area (Å²) in [7, 11) is 0. The lowest BCUT2D eigenvalue weighted by atomic mass is 10.1. The molecule has 0 saturated carbocycles. The summed E-state index contributed by atoms with van der Waals surface area (Å²) < 4.78 is 10.5. The number of para-hydroxylation sites is 2. The number of nitrogens with zero attached hydrogens (tertiary/aromatic N) is 2. The van der Waals surface area contributed by atoms with Gasteiger partial charge in [0.1, 0.15) is 0 Å². The summed E-state index contributed by atoms with van der Waals surface area (Å²) >= 11 is 1.20. The molecule has 3 heterocycles. The molecule has 3 aromatic rings. The van der Waals surface area contributed by atoms with E-state index in [2.05, 4.69) is 15.6 Å². The Hall–Kier alpha value is -4.12. The number of nitrogens with one attached hydrogen (secondary N) is 2. The number of hydrogen-bond acceptors (Lipinski definition) is 8. The van der Waals surface area contributed by atoms with Crippen LogP contribution in [-0.4, -0.2) is 40.9 Å². The third-order valence-electron chi connectivity index (χ3n) is 5.25. The van der Waals surface area contributed by atoms with Gasteiger partial charge in [0.05, 0.1) is 23.6 Å². The number of anilines is 3. The van der Waals surface area contributed by atoms with Crippen molar-refractivity contribution in [1.82, 2.24) is 9.88 Å². The van der Waals surface area contributed by atoms with Gasteiger partial charge in [-0.25, -0.2) is 4.98 Å². The molecule has 0 bridgehead atoms. The number of carbonyl (C=O) groups is 3. The van der Waals surface area contributed by atoms with E-state index in [4.69, 9.17) is 15.2 Å². The van der Waals surface area contributed by atoms with Crippen LogP contribution in [0.5, 0.6) is 11.5 Å². The Bertz CT molecular complexity index is 1270. The van der Waals surface area contributed by atoms with Crippen LogP contribution in [-0.2, 0) is 22.6 Å². The van der Waals surface area contributed by atoms with Crippen LogP contribution in [0, 0.1) is 0 Å². The maximum Gasteiger partial charge on any atom is 0.313 e. The number of aromatic nitrogens is 1. The van der Waals surface area contributed by atoms with Crippen molar-refractivity contribution in [2.45, 2.75) is 13.0 Å². The van der Waals surface area contributed by atoms with Crippen LogP contribution in [0.4, 0.5) is 17.1 Å². The van der Waals surface area contributed by atoms with Gasteiger partial charge in [0.15, 0.2) is 16.5 Å². The molecule has 0 radical (unpaired) electrons. The SMILES string of the molecule is Nc1ccccc1NC(=O)c1nc2c(s1)CN(C(=O)C(=O)Nc1ccc3c(c1)OCO3)CC2. The van der Waals surface area contributed by atoms with Crippen LogP contribution in [0.1, 0.15) is 20.4 Å². The molecule has 0 saturated heterocycles. The molecule has 11 heteroatoms. The van der Waals surface area contributed by atoms with Crippen molar-refractivity contribution in [2.75, 3.05) is 29.7 Å². The summed E-state index contributed by atoms with van der Waals surface area (Å²) in [4.78, 5) is 44.5. The van der Waals surface area contributed by atoms with E-state index in [1.54, 1.807) is 42.5 Å². The largest absolute Gasteiger partial charge is 0.454 e. The number of amides is 3. The van der Waals surface area contributed by atoms with Crippen molar-refractivity contribution < 1.29 is 23.9 Å². The lowest BCUT2D eigenvalue weighted by Gasteiger charge is -2.25. The standard InChI is InChI=1S/C22H19N5O5S/c23-13-3-1-2-4-14(13)25-19(28)21-26-15-7-8-27(10-18(15)33-21)22(30)20(29)24-12-5-6-16-17(9-12)32-11-31-16/h1-6,9H,7-8,10-11,23H2,(H,24,29)(H,25,28). The molecule has 0 atom stereocenters. The van der Waals surface area contributed by atoms with Crippen molar-refractivity contribution in [3.05, 3.63) is 58.0 Å². The molecule has 1 aromatic heterocycles. The Kier molecular flexibility index (Phi) is 5.31. The van der Waals surface area contributed by atoms with E-state index in [0.29, 0.717) is 41.5 Å². The minimum Gasteiger partial charge on any atom is -0.454 e. The number of benzene rings is 2. The van der Waals surface area contributed by atoms with Crippen molar-refractivity contribution in [2.24, 2.45) is 0 Å². The number of nitrogens with two attached hydrogens (primary N) is 1. The molecule has 4 N–H and O–H groups in total. The highest BCUT2D eigenvalue weighted by Crippen LogP contribution is 2.34. The van der Waals surface area contributed by atoms with Gasteiger partial charge in [-0.05, 0) is 24.3 Å². The second-order valence-electron chi connectivity index (χ2n) is 7.43. The van der Waals surface area contributed by atoms with E-state index < -0.39 is 11.8 Å². The first-order valence-corrected chi connectivity index (χ1v) is 10.9. The molecule has 0 fully saturated rings. The molecule has 2 aromatic carbocycles. The summed E-state index contributed by atoms with van der Waals surface area (Å²) in [6.07, 6.45) is 0.454. The molecule has 10 nitrogen and oxygen atoms in total. The fourth-order valence-corrected chi connectivity index (χ4v) is 4.57. The van der Waals surface area contributed by atoms with Gasteiger partial charge >= 0.3 is 11.8 Å². The third-order valence-corrected chi connectivity index (χ3v) is 6.33. The van der Waals surface area contributed by atoms with E-state index in [1.165, 1.54) is 16.2 Å². The van der Waals surface area contributed by atoms with Crippen LogP contribution in [0.2, 0.25) is 0 Å². The summed E-state index contributed by atoms with van der Waals surface area (Å²) in [6.45, 7) is 0.660. The maximum atomic E-state index is 12.7. The van der Waals surface area contributed by atoms with Crippen LogP contribution in [0.15, 0.2) is 42.5 Å². The smallest absolute Gasteiger partial charge is 0.313 e. The quantitative estimate of drug-likeness (QED) is 0.399. The molecular weight excluding hydrogens is 446 g/mol. The average Bonchev–Trinajstić information content (AvgIpc) is 3.46. The summed E-state index contributed by atoms with van der Waals surface area (Å²) in [6, 6.07) is 11.9. The van der Waals surface area contributed by atoms with Crippen molar-refractivity contribution in [3.63, 3.8) is 0 Å². The monoisotopic (exact) mass is 465 g/mol. The average molecular weight is 465 g/mol. The summed E-state index contributed by atoms with van der Waals surface area (Å²) in [5.74, 6) is -0.682. The van der Waals surface area contributed by atoms with E-state index >= 15 is 0 Å². The van der Waals surface area contributed by atoms with Gasteiger partial charge in [0, 0.05) is 29.6 Å². The van der Waals surface area contributed by atoms with Gasteiger partial charge in [-0.2, -0.15) is 0 Å². The molecule has 0 aliphatic carbocycles. The lowest BCUT2D eigenvalue weighted by molar-refractivity contribution is -0.143. The topological polar surface area (TPSA) is 136 Å². The number of rotatable bonds is 3. The van der Waals surface area contributed by atoms with Gasteiger partial charge in [-0.15, -0.1) is 11.3 Å². The summed E-state index contributed by atoms with van der Waals surface area (Å²) in [5.41, 5.74) is 8.04. The fourth-order valence-electron chi connectivity index (χ4n) is 3.56. The first-order valence-electron chi connectivity index (χ1n) is 10.1. The number of hydrogen-bond donors (Lipinski definition) is 3. The highest BCUT2D eigenvalue weighted by Gasteiger charge is 2.29. The van der Waals surface area contributed by atoms with Gasteiger partial charge in [0.25, 0.3) is 5.91 Å². The molecule has 3 amide bonds. The molecule has 33 heavy (non-hydrogen) atoms. The predicted molar refractivity (Wildman–Crippen MR) is 121 cm³/mol. The second-order valence-corrected chi connectivity index (χ2v) is 8.51. The Balaban J connectivity index is 1.24. The predicted octanol–water partition coefficient (Wildman–Crippen LogP) is 2.23. The third kappa shape index (κ3) is 4.17. The number of nitrogen functional groups attached to an aromatic ring is 1. The highest BCUT2D eigenvalue weighted by atomic mass is 32.1. The van der Waals surface area contributed by atoms with Crippen molar-refractivity contribution in [3.8, 4) is 11.5 Å². The number of carbonyl (C=O) groups excluding carboxylic acids is 3. The van der Waals surface area contributed by atoms with Crippen LogP contribution >= 0.6 is 11.3 Å². The molecule has 0 unspecified atom stereocenters. The minimum atomic E-state index is -0.751. The zero-order valence-electron chi connectivity index (χ0n) is 17.3. The van der Waals surface area contributed by atoms with Crippen LogP contribution in [0.25, 0.3) is 0 Å².